The SMILES string of the molecule is COc1ccc(NC(=O)CCCCCCN)cc1N1CCC(=O)NC1=O. The monoisotopic (exact) mass is 362 g/mol. The Labute approximate surface area is 153 Å². The Morgan fingerprint density at radius 2 is 2.04 bits per heavy atom. The van der Waals surface area contributed by atoms with Crippen LogP contribution in [0.5, 0.6) is 5.75 Å². The molecule has 1 aromatic carbocycles. The molecular weight excluding hydrogens is 336 g/mol. The van der Waals surface area contributed by atoms with Crippen LogP contribution in [-0.2, 0) is 9.59 Å². The summed E-state index contributed by atoms with van der Waals surface area (Å²) in [5, 5.41) is 5.12. The number of nitrogens with two attached hydrogens (primary N) is 1. The molecule has 0 radical (unpaired) electrons. The van der Waals surface area contributed by atoms with Crippen molar-refractivity contribution in [3.8, 4) is 5.75 Å². The van der Waals surface area contributed by atoms with E-state index in [9.17, 15) is 14.4 Å². The summed E-state index contributed by atoms with van der Waals surface area (Å²) in [6, 6.07) is 4.60. The molecule has 0 aliphatic carbocycles. The molecule has 2 rings (SSSR count). The van der Waals surface area contributed by atoms with Gasteiger partial charge in [-0.15, -0.1) is 0 Å². The van der Waals surface area contributed by atoms with Crippen molar-refractivity contribution in [3.63, 3.8) is 0 Å². The van der Waals surface area contributed by atoms with Gasteiger partial charge in [0, 0.05) is 25.1 Å². The molecule has 0 saturated carbocycles. The van der Waals surface area contributed by atoms with Crippen molar-refractivity contribution in [1.82, 2.24) is 5.32 Å². The number of anilines is 2. The second kappa shape index (κ2) is 9.76. The van der Waals surface area contributed by atoms with Crippen LogP contribution < -0.4 is 26.0 Å². The summed E-state index contributed by atoms with van der Waals surface area (Å²) in [7, 11) is 1.51. The van der Waals surface area contributed by atoms with Crippen LogP contribution in [0.1, 0.15) is 38.5 Å². The molecule has 8 heteroatoms. The fourth-order valence-corrected chi connectivity index (χ4v) is 2.78. The van der Waals surface area contributed by atoms with E-state index in [0.29, 0.717) is 30.1 Å². The normalized spacial score (nSPS) is 14.2. The van der Waals surface area contributed by atoms with Gasteiger partial charge in [0.2, 0.25) is 11.8 Å². The highest BCUT2D eigenvalue weighted by atomic mass is 16.5. The molecule has 1 aliphatic rings. The molecular formula is C18H26N4O4. The van der Waals surface area contributed by atoms with Crippen LogP contribution >= 0.6 is 0 Å². The van der Waals surface area contributed by atoms with E-state index < -0.39 is 6.03 Å². The van der Waals surface area contributed by atoms with Gasteiger partial charge >= 0.3 is 6.03 Å². The summed E-state index contributed by atoms with van der Waals surface area (Å²) >= 11 is 0. The molecule has 0 unspecified atom stereocenters. The fourth-order valence-electron chi connectivity index (χ4n) is 2.78. The predicted molar refractivity (Wildman–Crippen MR) is 99.3 cm³/mol. The number of nitrogens with one attached hydrogen (secondary N) is 2. The highest BCUT2D eigenvalue weighted by Crippen LogP contribution is 2.32. The van der Waals surface area contributed by atoms with Crippen LogP contribution in [0.3, 0.4) is 0 Å². The quantitative estimate of drug-likeness (QED) is 0.581. The predicted octanol–water partition coefficient (Wildman–Crippen LogP) is 1.99. The van der Waals surface area contributed by atoms with Crippen LogP contribution in [0.4, 0.5) is 16.2 Å². The average Bonchev–Trinajstić information content (AvgIpc) is 2.61. The maximum atomic E-state index is 12.1. The lowest BCUT2D eigenvalue weighted by Crippen LogP contribution is -2.49. The minimum absolute atomic E-state index is 0.0767. The van der Waals surface area contributed by atoms with Gasteiger partial charge in [-0.05, 0) is 37.6 Å². The van der Waals surface area contributed by atoms with E-state index in [1.54, 1.807) is 18.2 Å². The first-order valence-corrected chi connectivity index (χ1v) is 8.84. The van der Waals surface area contributed by atoms with E-state index in [4.69, 9.17) is 10.5 Å². The molecule has 1 heterocycles. The summed E-state index contributed by atoms with van der Waals surface area (Å²) in [6.45, 7) is 0.941. The minimum Gasteiger partial charge on any atom is -0.495 e. The van der Waals surface area contributed by atoms with Crippen molar-refractivity contribution in [1.29, 1.82) is 0 Å². The van der Waals surface area contributed by atoms with Crippen LogP contribution in [-0.4, -0.2) is 38.0 Å². The largest absolute Gasteiger partial charge is 0.495 e. The molecule has 26 heavy (non-hydrogen) atoms. The maximum Gasteiger partial charge on any atom is 0.328 e. The summed E-state index contributed by atoms with van der Waals surface area (Å²) in [5.74, 6) is 0.116. The van der Waals surface area contributed by atoms with Gasteiger partial charge in [-0.3, -0.25) is 19.8 Å². The van der Waals surface area contributed by atoms with Gasteiger partial charge in [0.25, 0.3) is 0 Å². The number of benzene rings is 1. The van der Waals surface area contributed by atoms with Gasteiger partial charge in [-0.2, -0.15) is 0 Å². The zero-order valence-corrected chi connectivity index (χ0v) is 15.0. The number of urea groups is 1. The van der Waals surface area contributed by atoms with Gasteiger partial charge in [0.05, 0.1) is 12.8 Å². The lowest BCUT2D eigenvalue weighted by atomic mass is 10.1. The van der Waals surface area contributed by atoms with Gasteiger partial charge in [0.1, 0.15) is 5.75 Å². The van der Waals surface area contributed by atoms with Gasteiger partial charge < -0.3 is 15.8 Å². The van der Waals surface area contributed by atoms with Gasteiger partial charge in [0.15, 0.2) is 0 Å². The highest BCUT2D eigenvalue weighted by molar-refractivity contribution is 6.06. The number of nitrogens with zero attached hydrogens (tertiary/aromatic N) is 1. The zero-order valence-electron chi connectivity index (χ0n) is 15.0. The maximum absolute atomic E-state index is 12.1. The Bertz CT molecular complexity index is 663. The van der Waals surface area contributed by atoms with Crippen LogP contribution in [0, 0.1) is 0 Å². The molecule has 1 saturated heterocycles. The first-order valence-electron chi connectivity index (χ1n) is 8.84. The van der Waals surface area contributed by atoms with E-state index in [1.807, 2.05) is 0 Å². The summed E-state index contributed by atoms with van der Waals surface area (Å²) in [4.78, 5) is 36.9. The Morgan fingerprint density at radius 1 is 1.27 bits per heavy atom. The van der Waals surface area contributed by atoms with Crippen molar-refractivity contribution in [2.75, 3.05) is 30.4 Å². The first kappa shape index (κ1) is 19.7. The highest BCUT2D eigenvalue weighted by Gasteiger charge is 2.26. The molecule has 1 aliphatic heterocycles. The van der Waals surface area contributed by atoms with Crippen LogP contribution in [0.15, 0.2) is 18.2 Å². The van der Waals surface area contributed by atoms with Crippen molar-refractivity contribution in [2.45, 2.75) is 38.5 Å². The van der Waals surface area contributed by atoms with Crippen molar-refractivity contribution < 1.29 is 19.1 Å². The van der Waals surface area contributed by atoms with Crippen LogP contribution in [0.2, 0.25) is 0 Å². The number of hydrogen-bond acceptors (Lipinski definition) is 5. The Hall–Kier alpha value is -2.61. The van der Waals surface area contributed by atoms with E-state index in [2.05, 4.69) is 10.6 Å². The Balaban J connectivity index is 2.01. The van der Waals surface area contributed by atoms with Crippen molar-refractivity contribution in [2.24, 2.45) is 5.73 Å². The lowest BCUT2D eigenvalue weighted by molar-refractivity contribution is -0.120. The third-order valence-electron chi connectivity index (χ3n) is 4.17. The minimum atomic E-state index is -0.497. The molecule has 0 atom stereocenters. The molecule has 4 N–H and O–H groups in total. The molecule has 0 bridgehead atoms. The number of rotatable bonds is 9. The van der Waals surface area contributed by atoms with Gasteiger partial charge in [-0.25, -0.2) is 4.79 Å². The standard InChI is InChI=1S/C18H26N4O4/c1-26-15-8-7-13(20-16(23)6-4-2-3-5-10-19)12-14(15)22-11-9-17(24)21-18(22)25/h7-8,12H,2-6,9-11,19H2,1H3,(H,20,23)(H,21,24,25). The third-order valence-corrected chi connectivity index (χ3v) is 4.17. The molecule has 8 nitrogen and oxygen atoms in total. The smallest absolute Gasteiger partial charge is 0.328 e. The number of unbranched alkanes of at least 4 members (excludes halogenated alkanes) is 3. The van der Waals surface area contributed by atoms with E-state index in [-0.39, 0.29) is 24.8 Å². The fraction of sp³-hybridized carbons (Fsp3) is 0.500. The van der Waals surface area contributed by atoms with E-state index >= 15 is 0 Å². The molecule has 4 amide bonds. The average molecular weight is 362 g/mol. The second-order valence-electron chi connectivity index (χ2n) is 6.14. The Morgan fingerprint density at radius 3 is 2.73 bits per heavy atom. The number of methoxy groups -OCH3 is 1. The third kappa shape index (κ3) is 5.45. The molecule has 0 spiro atoms. The van der Waals surface area contributed by atoms with Gasteiger partial charge in [-0.1, -0.05) is 12.8 Å². The number of imide groups is 1. The second-order valence-corrected chi connectivity index (χ2v) is 6.14. The van der Waals surface area contributed by atoms with Crippen molar-refractivity contribution in [3.05, 3.63) is 18.2 Å². The molecule has 0 aromatic heterocycles. The van der Waals surface area contributed by atoms with E-state index in [0.717, 1.165) is 25.7 Å². The van der Waals surface area contributed by atoms with Crippen LogP contribution in [0.25, 0.3) is 0 Å². The summed E-state index contributed by atoms with van der Waals surface area (Å²) in [5.41, 5.74) is 6.54. The van der Waals surface area contributed by atoms with Crippen molar-refractivity contribution >= 4 is 29.2 Å². The molecule has 1 fully saturated rings. The lowest BCUT2D eigenvalue weighted by Gasteiger charge is -2.28. The topological polar surface area (TPSA) is 114 Å². The number of ether oxygens (including phenoxy) is 1. The summed E-state index contributed by atoms with van der Waals surface area (Å²) < 4.78 is 5.31. The molecule has 142 valence electrons. The number of amides is 4. The summed E-state index contributed by atoms with van der Waals surface area (Å²) in [6.07, 6.45) is 4.44. The first-order chi connectivity index (χ1) is 12.5. The Kier molecular flexibility index (Phi) is 7.40. The van der Waals surface area contributed by atoms with E-state index in [1.165, 1.54) is 12.0 Å². The molecule has 1 aromatic rings. The number of hydrogen-bond donors (Lipinski definition) is 3. The zero-order chi connectivity index (χ0) is 18.9. The number of carbonyl (C=O) groups excluding carboxylic acids is 3. The number of carbonyl (C=O) groups is 3.